The third kappa shape index (κ3) is 2.77. The zero-order valence-corrected chi connectivity index (χ0v) is 12.3. The van der Waals surface area contributed by atoms with Gasteiger partial charge in [-0.3, -0.25) is 0 Å². The molecule has 0 spiro atoms. The highest BCUT2D eigenvalue weighted by molar-refractivity contribution is 8.01. The molecule has 3 heterocycles. The second-order valence-corrected chi connectivity index (χ2v) is 7.13. The molecule has 1 atom stereocenters. The van der Waals surface area contributed by atoms with Crippen molar-refractivity contribution in [1.82, 2.24) is 20.4 Å². The Morgan fingerprint density at radius 1 is 1.32 bits per heavy atom. The average molecular weight is 311 g/mol. The summed E-state index contributed by atoms with van der Waals surface area (Å²) >= 11 is 4.41. The van der Waals surface area contributed by atoms with Gasteiger partial charge in [0.15, 0.2) is 4.34 Å². The van der Waals surface area contributed by atoms with Gasteiger partial charge < -0.3 is 10.2 Å². The second-order valence-electron chi connectivity index (χ2n) is 3.59. The highest BCUT2D eigenvalue weighted by Crippen LogP contribution is 2.37. The fraction of sp³-hybridized carbons (Fsp3) is 0.200. The number of anilines is 1. The first-order valence-corrected chi connectivity index (χ1v) is 7.93. The van der Waals surface area contributed by atoms with Crippen molar-refractivity contribution in [3.63, 3.8) is 0 Å². The molecule has 3 aromatic heterocycles. The maximum absolute atomic E-state index is 5.66. The Balaban J connectivity index is 1.75. The smallest absolute Gasteiger partial charge is 0.257 e. The standard InChI is InChI=1S/C10H9N5OS3/c1-5(18-10-15-14-9(11)19-10)7-12-13-8(16-7)6-3-2-4-17-6/h2-5H,1H3,(H2,11,14). The van der Waals surface area contributed by atoms with E-state index in [9.17, 15) is 0 Å². The summed E-state index contributed by atoms with van der Waals surface area (Å²) in [7, 11) is 0. The summed E-state index contributed by atoms with van der Waals surface area (Å²) in [5.41, 5.74) is 5.54. The number of nitrogens with zero attached hydrogens (tertiary/aromatic N) is 4. The Morgan fingerprint density at radius 3 is 2.89 bits per heavy atom. The van der Waals surface area contributed by atoms with Gasteiger partial charge in [-0.05, 0) is 18.4 Å². The molecule has 1 unspecified atom stereocenters. The van der Waals surface area contributed by atoms with E-state index in [2.05, 4.69) is 20.4 Å². The fourth-order valence-electron chi connectivity index (χ4n) is 1.37. The van der Waals surface area contributed by atoms with Crippen molar-refractivity contribution in [2.24, 2.45) is 0 Å². The Labute approximate surface area is 121 Å². The van der Waals surface area contributed by atoms with Crippen LogP contribution in [0.4, 0.5) is 5.13 Å². The van der Waals surface area contributed by atoms with Crippen molar-refractivity contribution in [3.05, 3.63) is 23.4 Å². The van der Waals surface area contributed by atoms with Crippen LogP contribution in [-0.4, -0.2) is 20.4 Å². The number of aromatic nitrogens is 4. The topological polar surface area (TPSA) is 90.7 Å². The van der Waals surface area contributed by atoms with Crippen molar-refractivity contribution in [2.75, 3.05) is 5.73 Å². The van der Waals surface area contributed by atoms with E-state index in [1.807, 2.05) is 24.4 Å². The molecule has 0 radical (unpaired) electrons. The Kier molecular flexibility index (Phi) is 3.49. The van der Waals surface area contributed by atoms with Crippen molar-refractivity contribution < 1.29 is 4.42 Å². The third-order valence-electron chi connectivity index (χ3n) is 2.22. The van der Waals surface area contributed by atoms with E-state index < -0.39 is 0 Å². The zero-order valence-electron chi connectivity index (χ0n) is 9.81. The predicted octanol–water partition coefficient (Wildman–Crippen LogP) is 3.09. The number of thioether (sulfide) groups is 1. The van der Waals surface area contributed by atoms with Crippen LogP contribution in [0.5, 0.6) is 0 Å². The number of nitrogens with two attached hydrogens (primary N) is 1. The largest absolute Gasteiger partial charge is 0.419 e. The van der Waals surface area contributed by atoms with Gasteiger partial charge in [-0.2, -0.15) is 0 Å². The first-order valence-electron chi connectivity index (χ1n) is 5.35. The van der Waals surface area contributed by atoms with Gasteiger partial charge in [-0.15, -0.1) is 31.7 Å². The van der Waals surface area contributed by atoms with E-state index in [1.54, 1.807) is 11.3 Å². The summed E-state index contributed by atoms with van der Waals surface area (Å²) in [5.74, 6) is 1.12. The maximum atomic E-state index is 5.66. The van der Waals surface area contributed by atoms with Crippen molar-refractivity contribution >= 4 is 39.6 Å². The molecule has 0 aliphatic heterocycles. The van der Waals surface area contributed by atoms with E-state index in [-0.39, 0.29) is 5.25 Å². The number of hydrogen-bond donors (Lipinski definition) is 1. The lowest BCUT2D eigenvalue weighted by Gasteiger charge is -2.01. The van der Waals surface area contributed by atoms with E-state index in [0.717, 1.165) is 9.22 Å². The lowest BCUT2D eigenvalue weighted by molar-refractivity contribution is 0.510. The Bertz CT molecular complexity index is 662. The van der Waals surface area contributed by atoms with Crippen LogP contribution in [0, 0.1) is 0 Å². The molecule has 3 rings (SSSR count). The van der Waals surface area contributed by atoms with Gasteiger partial charge in [0.1, 0.15) is 0 Å². The zero-order chi connectivity index (χ0) is 13.2. The molecule has 98 valence electrons. The van der Waals surface area contributed by atoms with Gasteiger partial charge >= 0.3 is 0 Å². The van der Waals surface area contributed by atoms with Crippen LogP contribution in [0.2, 0.25) is 0 Å². The average Bonchev–Trinajstić information content (AvgIpc) is 3.08. The third-order valence-corrected chi connectivity index (χ3v) is 5.00. The molecule has 0 aromatic carbocycles. The predicted molar refractivity (Wildman–Crippen MR) is 76.2 cm³/mol. The minimum Gasteiger partial charge on any atom is -0.419 e. The lowest BCUT2D eigenvalue weighted by atomic mass is 10.5. The van der Waals surface area contributed by atoms with E-state index >= 15 is 0 Å². The molecule has 0 aliphatic carbocycles. The summed E-state index contributed by atoms with van der Waals surface area (Å²) in [4.78, 5) is 0.969. The van der Waals surface area contributed by atoms with Gasteiger partial charge in [-0.25, -0.2) is 0 Å². The minimum absolute atomic E-state index is 0.00793. The van der Waals surface area contributed by atoms with Gasteiger partial charge in [0.05, 0.1) is 10.1 Å². The number of thiophene rings is 1. The van der Waals surface area contributed by atoms with Crippen LogP contribution in [0.3, 0.4) is 0 Å². The lowest BCUT2D eigenvalue weighted by Crippen LogP contribution is -1.88. The first-order chi connectivity index (χ1) is 9.22. The molecule has 6 nitrogen and oxygen atoms in total. The monoisotopic (exact) mass is 311 g/mol. The van der Waals surface area contributed by atoms with Crippen LogP contribution in [0.25, 0.3) is 10.8 Å². The molecule has 0 amide bonds. The summed E-state index contributed by atoms with van der Waals surface area (Å²) in [6.45, 7) is 1.98. The molecule has 0 aliphatic rings. The van der Waals surface area contributed by atoms with Crippen LogP contribution in [-0.2, 0) is 0 Å². The van der Waals surface area contributed by atoms with Crippen LogP contribution < -0.4 is 5.73 Å². The maximum Gasteiger partial charge on any atom is 0.257 e. The molecule has 9 heteroatoms. The Hall–Kier alpha value is -1.45. The Morgan fingerprint density at radius 2 is 2.21 bits per heavy atom. The van der Waals surface area contributed by atoms with E-state index in [1.165, 1.54) is 23.1 Å². The molecule has 0 fully saturated rings. The molecule has 19 heavy (non-hydrogen) atoms. The number of nitrogen functional groups attached to an aromatic ring is 1. The fourth-order valence-corrected chi connectivity index (χ4v) is 3.82. The molecule has 0 bridgehead atoms. The van der Waals surface area contributed by atoms with E-state index in [4.69, 9.17) is 10.2 Å². The van der Waals surface area contributed by atoms with Crippen molar-refractivity contribution in [3.8, 4) is 10.8 Å². The van der Waals surface area contributed by atoms with E-state index in [0.29, 0.717) is 16.9 Å². The number of rotatable bonds is 4. The van der Waals surface area contributed by atoms with Crippen LogP contribution in [0.1, 0.15) is 18.1 Å². The molecule has 3 aromatic rings. The number of hydrogen-bond acceptors (Lipinski definition) is 9. The summed E-state index contributed by atoms with van der Waals surface area (Å²) < 4.78 is 6.45. The van der Waals surface area contributed by atoms with Crippen LogP contribution >= 0.6 is 34.4 Å². The molecule has 0 saturated heterocycles. The van der Waals surface area contributed by atoms with Crippen molar-refractivity contribution in [2.45, 2.75) is 16.5 Å². The van der Waals surface area contributed by atoms with Gasteiger partial charge in [0, 0.05) is 0 Å². The van der Waals surface area contributed by atoms with Gasteiger partial charge in [0.2, 0.25) is 11.0 Å². The molecular weight excluding hydrogens is 302 g/mol. The second kappa shape index (κ2) is 5.27. The van der Waals surface area contributed by atoms with Gasteiger partial charge in [0.25, 0.3) is 5.89 Å². The first kappa shape index (κ1) is 12.6. The summed E-state index contributed by atoms with van der Waals surface area (Å²) in [5, 5.41) is 18.3. The highest BCUT2D eigenvalue weighted by atomic mass is 32.2. The molecule has 2 N–H and O–H groups in total. The van der Waals surface area contributed by atoms with Crippen molar-refractivity contribution in [1.29, 1.82) is 0 Å². The summed E-state index contributed by atoms with van der Waals surface area (Å²) in [6.07, 6.45) is 0. The van der Waals surface area contributed by atoms with Gasteiger partial charge in [-0.1, -0.05) is 29.2 Å². The minimum atomic E-state index is 0.00793. The summed E-state index contributed by atoms with van der Waals surface area (Å²) in [6, 6.07) is 3.90. The molecule has 0 saturated carbocycles. The van der Waals surface area contributed by atoms with Crippen LogP contribution in [0.15, 0.2) is 26.3 Å². The normalized spacial score (nSPS) is 12.7. The molecular formula is C10H9N5OS3. The quantitative estimate of drug-likeness (QED) is 0.740. The SMILES string of the molecule is CC(Sc1nnc(N)s1)c1nnc(-c2cccs2)o1. The highest BCUT2D eigenvalue weighted by Gasteiger charge is 2.18.